The average molecular weight is 482 g/mol. The number of nitrogens with zero attached hydrogens (tertiary/aromatic N) is 6. The molecule has 6 aromatic rings. The van der Waals surface area contributed by atoms with Crippen LogP contribution in [0, 0.1) is 11.6 Å². The lowest BCUT2D eigenvalue weighted by atomic mass is 10.1. The highest BCUT2D eigenvalue weighted by Gasteiger charge is 2.21. The van der Waals surface area contributed by atoms with Crippen molar-refractivity contribution in [1.82, 2.24) is 40.0 Å². The quantitative estimate of drug-likeness (QED) is 0.360. The van der Waals surface area contributed by atoms with E-state index in [1.807, 2.05) is 25.1 Å². The Kier molecular flexibility index (Phi) is 5.23. The molecule has 36 heavy (non-hydrogen) atoms. The normalized spacial score (nSPS) is 11.7. The molecule has 178 valence electrons. The number of fused-ring (bicyclic) bond motifs is 2. The lowest BCUT2D eigenvalue weighted by molar-refractivity contribution is 0.402. The highest BCUT2D eigenvalue weighted by atomic mass is 19.1. The third kappa shape index (κ3) is 3.77. The minimum absolute atomic E-state index is 0.177. The number of benzene rings is 1. The van der Waals surface area contributed by atoms with Crippen LogP contribution in [0.25, 0.3) is 55.8 Å². The van der Waals surface area contributed by atoms with E-state index < -0.39 is 5.82 Å². The Labute approximate surface area is 204 Å². The van der Waals surface area contributed by atoms with Crippen molar-refractivity contribution in [3.8, 4) is 33.9 Å². The third-order valence-corrected chi connectivity index (χ3v) is 5.87. The summed E-state index contributed by atoms with van der Waals surface area (Å²) in [5.74, 6) is -0.522. The Bertz CT molecular complexity index is 1740. The van der Waals surface area contributed by atoms with E-state index in [0.717, 1.165) is 5.56 Å². The molecule has 0 saturated heterocycles. The maximum atomic E-state index is 15.9. The van der Waals surface area contributed by atoms with Crippen LogP contribution in [0.4, 0.5) is 8.78 Å². The molecule has 0 aliphatic heterocycles. The third-order valence-electron chi connectivity index (χ3n) is 5.87. The molecule has 0 unspecified atom stereocenters. The van der Waals surface area contributed by atoms with Gasteiger partial charge >= 0.3 is 0 Å². The SMILES string of the molecule is CN(C)Cc1cncc(-c2ncc3[nH]nc(-c4nc5c(-c6cccc(F)c6)cncc5[nH]4)c3c2F)c1. The number of halogens is 2. The number of H-pyrrole nitrogens is 2. The van der Waals surface area contributed by atoms with Gasteiger partial charge in [0, 0.05) is 36.3 Å². The van der Waals surface area contributed by atoms with Gasteiger partial charge in [0.2, 0.25) is 0 Å². The van der Waals surface area contributed by atoms with Crippen molar-refractivity contribution in [2.75, 3.05) is 14.1 Å². The molecule has 0 radical (unpaired) electrons. The van der Waals surface area contributed by atoms with E-state index in [1.54, 1.807) is 43.1 Å². The number of hydrogen-bond donors (Lipinski definition) is 2. The van der Waals surface area contributed by atoms with Gasteiger partial charge in [0.05, 0.1) is 34.3 Å². The van der Waals surface area contributed by atoms with Crippen LogP contribution in [0.1, 0.15) is 5.56 Å². The molecule has 5 aromatic heterocycles. The van der Waals surface area contributed by atoms with E-state index in [0.29, 0.717) is 51.3 Å². The molecule has 0 spiro atoms. The smallest absolute Gasteiger partial charge is 0.161 e. The number of rotatable bonds is 5. The van der Waals surface area contributed by atoms with Crippen molar-refractivity contribution in [3.63, 3.8) is 0 Å². The molecule has 1 aromatic carbocycles. The Hall–Kier alpha value is -4.57. The molecule has 5 heterocycles. The van der Waals surface area contributed by atoms with Crippen molar-refractivity contribution < 1.29 is 8.78 Å². The summed E-state index contributed by atoms with van der Waals surface area (Å²) >= 11 is 0. The molecule has 10 heteroatoms. The molecule has 0 saturated carbocycles. The van der Waals surface area contributed by atoms with Gasteiger partial charge in [-0.25, -0.2) is 13.8 Å². The van der Waals surface area contributed by atoms with Crippen LogP contribution < -0.4 is 0 Å². The summed E-state index contributed by atoms with van der Waals surface area (Å²) in [4.78, 5) is 22.7. The highest BCUT2D eigenvalue weighted by molar-refractivity contribution is 5.97. The summed E-state index contributed by atoms with van der Waals surface area (Å²) < 4.78 is 29.8. The van der Waals surface area contributed by atoms with Crippen molar-refractivity contribution in [1.29, 1.82) is 0 Å². The second-order valence-electron chi connectivity index (χ2n) is 8.78. The molecule has 6 rings (SSSR count). The van der Waals surface area contributed by atoms with Crippen LogP contribution in [0.2, 0.25) is 0 Å². The summed E-state index contributed by atoms with van der Waals surface area (Å²) in [5.41, 5.74) is 4.94. The van der Waals surface area contributed by atoms with Crippen LogP contribution in [0.3, 0.4) is 0 Å². The molecule has 0 atom stereocenters. The Balaban J connectivity index is 1.49. The van der Waals surface area contributed by atoms with Gasteiger partial charge < -0.3 is 9.88 Å². The van der Waals surface area contributed by atoms with E-state index in [9.17, 15) is 4.39 Å². The van der Waals surface area contributed by atoms with Crippen LogP contribution in [0.5, 0.6) is 0 Å². The molecule has 2 N–H and O–H groups in total. The highest BCUT2D eigenvalue weighted by Crippen LogP contribution is 2.34. The fourth-order valence-corrected chi connectivity index (χ4v) is 4.33. The van der Waals surface area contributed by atoms with Crippen molar-refractivity contribution in [2.24, 2.45) is 0 Å². The van der Waals surface area contributed by atoms with Gasteiger partial charge in [-0.1, -0.05) is 12.1 Å². The van der Waals surface area contributed by atoms with E-state index in [4.69, 9.17) is 4.98 Å². The zero-order chi connectivity index (χ0) is 24.8. The number of nitrogens with one attached hydrogen (secondary N) is 2. The fraction of sp³-hybridized carbons (Fsp3) is 0.115. The summed E-state index contributed by atoms with van der Waals surface area (Å²) in [6.45, 7) is 0.669. The predicted molar refractivity (Wildman–Crippen MR) is 133 cm³/mol. The zero-order valence-electron chi connectivity index (χ0n) is 19.4. The van der Waals surface area contributed by atoms with E-state index in [1.165, 1.54) is 12.1 Å². The topological polar surface area (TPSA) is 99.3 Å². The molecule has 8 nitrogen and oxygen atoms in total. The molecule has 0 bridgehead atoms. The number of hydrogen-bond acceptors (Lipinski definition) is 6. The van der Waals surface area contributed by atoms with E-state index in [2.05, 4.69) is 30.1 Å². The lowest BCUT2D eigenvalue weighted by Crippen LogP contribution is -2.10. The largest absolute Gasteiger partial charge is 0.335 e. The molecule has 0 aliphatic carbocycles. The van der Waals surface area contributed by atoms with Gasteiger partial charge in [0.25, 0.3) is 0 Å². The molecule has 0 aliphatic rings. The monoisotopic (exact) mass is 482 g/mol. The number of imidazole rings is 1. The fourth-order valence-electron chi connectivity index (χ4n) is 4.33. The van der Waals surface area contributed by atoms with Gasteiger partial charge in [-0.15, -0.1) is 0 Å². The van der Waals surface area contributed by atoms with Crippen LogP contribution >= 0.6 is 0 Å². The first kappa shape index (κ1) is 21.9. The van der Waals surface area contributed by atoms with Crippen molar-refractivity contribution in [2.45, 2.75) is 6.54 Å². The Morgan fingerprint density at radius 3 is 2.58 bits per heavy atom. The van der Waals surface area contributed by atoms with Crippen LogP contribution in [-0.4, -0.2) is 54.1 Å². The molecule has 0 amide bonds. The van der Waals surface area contributed by atoms with Gasteiger partial charge in [-0.2, -0.15) is 5.10 Å². The van der Waals surface area contributed by atoms with Gasteiger partial charge in [-0.3, -0.25) is 20.1 Å². The number of aromatic nitrogens is 7. The zero-order valence-corrected chi connectivity index (χ0v) is 19.4. The summed E-state index contributed by atoms with van der Waals surface area (Å²) in [7, 11) is 3.91. The molecule has 0 fully saturated rings. The van der Waals surface area contributed by atoms with Crippen LogP contribution in [-0.2, 0) is 6.54 Å². The minimum Gasteiger partial charge on any atom is -0.335 e. The van der Waals surface area contributed by atoms with E-state index in [-0.39, 0.29) is 16.9 Å². The first-order valence-electron chi connectivity index (χ1n) is 11.2. The first-order chi connectivity index (χ1) is 17.5. The lowest BCUT2D eigenvalue weighted by Gasteiger charge is -2.10. The summed E-state index contributed by atoms with van der Waals surface area (Å²) in [5, 5.41) is 7.43. The van der Waals surface area contributed by atoms with Crippen molar-refractivity contribution in [3.05, 3.63) is 78.5 Å². The van der Waals surface area contributed by atoms with Gasteiger partial charge in [0.1, 0.15) is 17.2 Å². The number of aromatic amines is 2. The van der Waals surface area contributed by atoms with Crippen molar-refractivity contribution >= 4 is 21.9 Å². The minimum atomic E-state index is -0.524. The predicted octanol–water partition coefficient (Wildman–Crippen LogP) is 4.97. The summed E-state index contributed by atoms with van der Waals surface area (Å²) in [6.07, 6.45) is 8.14. The van der Waals surface area contributed by atoms with Gasteiger partial charge in [-0.05, 0) is 43.4 Å². The standard InChI is InChI=1S/C26H20F2N8/c1-36(2)13-14-6-16(9-29-8-14)23-22(28)21-19(12-31-23)34-35-25(21)26-32-20-11-30-10-18(24(20)33-26)15-4-3-5-17(27)7-15/h3-12H,13H2,1-2H3,(H,32,33)(H,34,35). The van der Waals surface area contributed by atoms with Gasteiger partial charge in [0.15, 0.2) is 11.6 Å². The summed E-state index contributed by atoms with van der Waals surface area (Å²) in [6, 6.07) is 8.09. The maximum Gasteiger partial charge on any atom is 0.161 e. The Morgan fingerprint density at radius 1 is 0.889 bits per heavy atom. The molecular weight excluding hydrogens is 462 g/mol. The second kappa shape index (κ2) is 8.58. The average Bonchev–Trinajstić information content (AvgIpc) is 3.48. The first-order valence-corrected chi connectivity index (χ1v) is 11.2. The number of pyridine rings is 3. The molecular formula is C26H20F2N8. The second-order valence-corrected chi connectivity index (χ2v) is 8.78. The maximum absolute atomic E-state index is 15.9. The van der Waals surface area contributed by atoms with E-state index >= 15 is 4.39 Å². The van der Waals surface area contributed by atoms with Crippen LogP contribution in [0.15, 0.2) is 61.3 Å². The Morgan fingerprint density at radius 2 is 1.75 bits per heavy atom.